The molecule has 1 rings (SSSR count). The lowest BCUT2D eigenvalue weighted by Crippen LogP contribution is -2.33. The third kappa shape index (κ3) is 4.46. The predicted molar refractivity (Wildman–Crippen MR) is 80.6 cm³/mol. The first-order valence-corrected chi connectivity index (χ1v) is 6.64. The monoisotopic (exact) mass is 294 g/mol. The van der Waals surface area contributed by atoms with Crippen LogP contribution in [0.1, 0.15) is 19.4 Å². The minimum Gasteiger partial charge on any atom is -0.481 e. The van der Waals surface area contributed by atoms with E-state index in [4.69, 9.17) is 4.74 Å². The molecule has 21 heavy (non-hydrogen) atoms. The maximum absolute atomic E-state index is 11.9. The second-order valence-electron chi connectivity index (χ2n) is 5.35. The molecule has 0 aliphatic carbocycles. The smallest absolute Gasteiger partial charge is 0.321 e. The molecule has 6 nitrogen and oxygen atoms in total. The summed E-state index contributed by atoms with van der Waals surface area (Å²) in [6, 6.07) is 6.57. The molecule has 0 atom stereocenters. The molecule has 0 fully saturated rings. The normalized spacial score (nSPS) is 11.0. The molecule has 0 unspecified atom stereocenters. The van der Waals surface area contributed by atoms with Crippen LogP contribution in [0.2, 0.25) is 0 Å². The highest BCUT2D eigenvalue weighted by molar-refractivity contribution is 5.89. The molecule has 116 valence electrons. The Balaban J connectivity index is 2.71. The van der Waals surface area contributed by atoms with Gasteiger partial charge in [-0.25, -0.2) is 4.79 Å². The van der Waals surface area contributed by atoms with Gasteiger partial charge in [0.15, 0.2) is 0 Å². The number of carbonyl (C=O) groups is 2. The van der Waals surface area contributed by atoms with Crippen molar-refractivity contribution in [2.75, 3.05) is 32.6 Å². The summed E-state index contributed by atoms with van der Waals surface area (Å²) in [6.07, 6.45) is 0. The van der Waals surface area contributed by atoms with Gasteiger partial charge in [0.2, 0.25) is 0 Å². The number of aliphatic carboxylic acids is 1. The van der Waals surface area contributed by atoms with E-state index in [1.54, 1.807) is 52.3 Å². The molecule has 0 heterocycles. The number of likely N-dealkylation sites (N-methyl/N-ethyl adjacent to an activating group) is 1. The van der Waals surface area contributed by atoms with E-state index >= 15 is 0 Å². The van der Waals surface area contributed by atoms with Crippen LogP contribution >= 0.6 is 0 Å². The van der Waals surface area contributed by atoms with E-state index in [2.05, 4.69) is 5.32 Å². The third-order valence-corrected chi connectivity index (χ3v) is 3.37. The van der Waals surface area contributed by atoms with E-state index in [0.29, 0.717) is 24.4 Å². The van der Waals surface area contributed by atoms with E-state index < -0.39 is 11.4 Å². The average Bonchev–Trinajstić information content (AvgIpc) is 2.45. The molecule has 0 bridgehead atoms. The molecule has 0 aromatic heterocycles. The molecule has 0 saturated carbocycles. The molecule has 1 aromatic rings. The number of carboxylic acid groups (broad SMARTS) is 1. The molecule has 0 spiro atoms. The summed E-state index contributed by atoms with van der Waals surface area (Å²) in [7, 11) is 3.25. The number of methoxy groups -OCH3 is 1. The fourth-order valence-electron chi connectivity index (χ4n) is 1.64. The van der Waals surface area contributed by atoms with Gasteiger partial charge in [-0.05, 0) is 31.5 Å². The number of carboxylic acids is 1. The second-order valence-corrected chi connectivity index (χ2v) is 5.35. The van der Waals surface area contributed by atoms with Gasteiger partial charge < -0.3 is 20.1 Å². The molecule has 0 aliphatic heterocycles. The molecular formula is C15H22N2O4. The van der Waals surface area contributed by atoms with Gasteiger partial charge in [-0.2, -0.15) is 0 Å². The van der Waals surface area contributed by atoms with Crippen LogP contribution in [-0.2, 0) is 14.9 Å². The van der Waals surface area contributed by atoms with Gasteiger partial charge in [-0.3, -0.25) is 4.79 Å². The van der Waals surface area contributed by atoms with E-state index in [9.17, 15) is 14.7 Å². The lowest BCUT2D eigenvalue weighted by Gasteiger charge is -2.21. The number of nitrogens with zero attached hydrogens (tertiary/aromatic N) is 1. The summed E-state index contributed by atoms with van der Waals surface area (Å²) < 4.78 is 4.91. The maximum atomic E-state index is 11.9. The van der Waals surface area contributed by atoms with Gasteiger partial charge in [-0.15, -0.1) is 0 Å². The van der Waals surface area contributed by atoms with Crippen LogP contribution in [0.25, 0.3) is 0 Å². The fraction of sp³-hybridized carbons (Fsp3) is 0.467. The van der Waals surface area contributed by atoms with Crippen molar-refractivity contribution in [2.45, 2.75) is 19.3 Å². The summed E-state index contributed by atoms with van der Waals surface area (Å²) in [4.78, 5) is 24.6. The highest BCUT2D eigenvalue weighted by Crippen LogP contribution is 2.24. The number of hydrogen-bond donors (Lipinski definition) is 2. The first kappa shape index (κ1) is 17.0. The molecule has 1 aromatic carbocycles. The van der Waals surface area contributed by atoms with Gasteiger partial charge in [-0.1, -0.05) is 12.1 Å². The standard InChI is InChI=1S/C15H22N2O4/c1-15(2,13(18)19)11-5-7-12(8-6-11)16-14(20)17(3)9-10-21-4/h5-8H,9-10H2,1-4H3,(H,16,20)(H,18,19). The zero-order chi connectivity index (χ0) is 16.0. The van der Waals surface area contributed by atoms with E-state index in [0.717, 1.165) is 0 Å². The molecule has 0 saturated heterocycles. The van der Waals surface area contributed by atoms with E-state index in [1.807, 2.05) is 0 Å². The molecule has 2 N–H and O–H groups in total. The van der Waals surface area contributed by atoms with Gasteiger partial charge in [0.25, 0.3) is 0 Å². The van der Waals surface area contributed by atoms with Crippen LogP contribution in [0.15, 0.2) is 24.3 Å². The lowest BCUT2D eigenvalue weighted by atomic mass is 9.85. The van der Waals surface area contributed by atoms with Gasteiger partial charge in [0, 0.05) is 26.4 Å². The minimum atomic E-state index is -0.961. The second kappa shape index (κ2) is 7.08. The molecule has 0 aliphatic rings. The quantitative estimate of drug-likeness (QED) is 0.842. The molecular weight excluding hydrogens is 272 g/mol. The number of rotatable bonds is 6. The Bertz CT molecular complexity index is 497. The minimum absolute atomic E-state index is 0.239. The topological polar surface area (TPSA) is 78.9 Å². The Hall–Kier alpha value is -2.08. The van der Waals surface area contributed by atoms with Crippen LogP contribution < -0.4 is 5.32 Å². The molecule has 6 heteroatoms. The van der Waals surface area contributed by atoms with E-state index in [1.165, 1.54) is 4.90 Å². The van der Waals surface area contributed by atoms with Crippen LogP contribution in [0.4, 0.5) is 10.5 Å². The Morgan fingerprint density at radius 2 is 1.86 bits per heavy atom. The van der Waals surface area contributed by atoms with Gasteiger partial charge in [0.05, 0.1) is 12.0 Å². The van der Waals surface area contributed by atoms with Crippen molar-refractivity contribution in [3.8, 4) is 0 Å². The van der Waals surface area contributed by atoms with Crippen molar-refractivity contribution in [3.63, 3.8) is 0 Å². The largest absolute Gasteiger partial charge is 0.481 e. The Kier molecular flexibility index (Phi) is 5.72. The van der Waals surface area contributed by atoms with Crippen LogP contribution in [0, 0.1) is 0 Å². The first-order chi connectivity index (χ1) is 9.78. The van der Waals surface area contributed by atoms with Crippen molar-refractivity contribution in [2.24, 2.45) is 0 Å². The highest BCUT2D eigenvalue weighted by Gasteiger charge is 2.29. The summed E-state index contributed by atoms with van der Waals surface area (Å²) in [5.74, 6) is -0.890. The summed E-state index contributed by atoms with van der Waals surface area (Å²) >= 11 is 0. The summed E-state index contributed by atoms with van der Waals surface area (Å²) in [5.41, 5.74) is 0.340. The SMILES string of the molecule is COCCN(C)C(=O)Nc1ccc(C(C)(C)C(=O)O)cc1. The van der Waals surface area contributed by atoms with Gasteiger partial charge >= 0.3 is 12.0 Å². The highest BCUT2D eigenvalue weighted by atomic mass is 16.5. The number of amides is 2. The Labute approximate surface area is 124 Å². The molecule has 0 radical (unpaired) electrons. The van der Waals surface area contributed by atoms with Crippen molar-refractivity contribution in [1.29, 1.82) is 0 Å². The van der Waals surface area contributed by atoms with Crippen molar-refractivity contribution < 1.29 is 19.4 Å². The number of urea groups is 1. The number of carbonyl (C=O) groups excluding carboxylic acids is 1. The average molecular weight is 294 g/mol. The summed E-state index contributed by atoms with van der Waals surface area (Å²) in [6.45, 7) is 4.24. The van der Waals surface area contributed by atoms with Gasteiger partial charge in [0.1, 0.15) is 0 Å². The maximum Gasteiger partial charge on any atom is 0.321 e. The van der Waals surface area contributed by atoms with Crippen molar-refractivity contribution in [1.82, 2.24) is 4.90 Å². The van der Waals surface area contributed by atoms with Crippen LogP contribution in [0.5, 0.6) is 0 Å². The molecule has 2 amide bonds. The number of hydrogen-bond acceptors (Lipinski definition) is 3. The Morgan fingerprint density at radius 1 is 1.29 bits per heavy atom. The number of ether oxygens (including phenoxy) is 1. The third-order valence-electron chi connectivity index (χ3n) is 3.37. The first-order valence-electron chi connectivity index (χ1n) is 6.64. The zero-order valence-electron chi connectivity index (χ0n) is 12.8. The Morgan fingerprint density at radius 3 is 2.33 bits per heavy atom. The van der Waals surface area contributed by atoms with Crippen LogP contribution in [0.3, 0.4) is 0 Å². The van der Waals surface area contributed by atoms with Crippen molar-refractivity contribution >= 4 is 17.7 Å². The number of benzene rings is 1. The van der Waals surface area contributed by atoms with Crippen LogP contribution in [-0.4, -0.2) is 49.3 Å². The van der Waals surface area contributed by atoms with E-state index in [-0.39, 0.29) is 6.03 Å². The summed E-state index contributed by atoms with van der Waals surface area (Å²) in [5, 5.41) is 11.9. The van der Waals surface area contributed by atoms with Crippen molar-refractivity contribution in [3.05, 3.63) is 29.8 Å². The zero-order valence-corrected chi connectivity index (χ0v) is 12.8. The fourth-order valence-corrected chi connectivity index (χ4v) is 1.64. The number of anilines is 1. The lowest BCUT2D eigenvalue weighted by molar-refractivity contribution is -0.142. The predicted octanol–water partition coefficient (Wildman–Crippen LogP) is 2.16. The number of nitrogens with one attached hydrogen (secondary N) is 1.